The van der Waals surface area contributed by atoms with Gasteiger partial charge in [-0.25, -0.2) is 0 Å². The highest BCUT2D eigenvalue weighted by molar-refractivity contribution is 5.31. The topological polar surface area (TPSA) is 26.0 Å². The fourth-order valence-electron chi connectivity index (χ4n) is 2.31. The highest BCUT2D eigenvalue weighted by atomic mass is 14.7. The van der Waals surface area contributed by atoms with E-state index in [1.54, 1.807) is 0 Å². The zero-order chi connectivity index (χ0) is 11.0. The van der Waals surface area contributed by atoms with Gasteiger partial charge in [-0.1, -0.05) is 38.1 Å². The van der Waals surface area contributed by atoms with Crippen LogP contribution in [-0.2, 0) is 0 Å². The van der Waals surface area contributed by atoms with Gasteiger partial charge in [-0.15, -0.1) is 0 Å². The van der Waals surface area contributed by atoms with E-state index in [2.05, 4.69) is 45.0 Å². The van der Waals surface area contributed by atoms with Crippen molar-refractivity contribution in [3.8, 4) is 0 Å². The van der Waals surface area contributed by atoms with Crippen LogP contribution in [0.4, 0.5) is 0 Å². The minimum Gasteiger partial charge on any atom is -0.328 e. The largest absolute Gasteiger partial charge is 0.328 e. The van der Waals surface area contributed by atoms with Crippen molar-refractivity contribution in [1.82, 2.24) is 0 Å². The zero-order valence-electron chi connectivity index (χ0n) is 9.90. The van der Waals surface area contributed by atoms with Crippen molar-refractivity contribution >= 4 is 0 Å². The van der Waals surface area contributed by atoms with Crippen LogP contribution in [0.15, 0.2) is 24.3 Å². The summed E-state index contributed by atoms with van der Waals surface area (Å²) in [5.74, 6) is 2.07. The molecular formula is C14H21N. The first-order valence-corrected chi connectivity index (χ1v) is 5.95. The second kappa shape index (κ2) is 3.97. The van der Waals surface area contributed by atoms with Crippen LogP contribution < -0.4 is 5.73 Å². The first-order valence-electron chi connectivity index (χ1n) is 5.95. The molecule has 0 bridgehead atoms. The molecule has 0 amide bonds. The first-order chi connectivity index (χ1) is 7.09. The van der Waals surface area contributed by atoms with Crippen LogP contribution in [0.1, 0.15) is 50.2 Å². The summed E-state index contributed by atoms with van der Waals surface area (Å²) >= 11 is 0. The molecule has 1 fully saturated rings. The van der Waals surface area contributed by atoms with E-state index < -0.39 is 0 Å². The van der Waals surface area contributed by atoms with Gasteiger partial charge in [0.15, 0.2) is 0 Å². The summed E-state index contributed by atoms with van der Waals surface area (Å²) in [6.07, 6.45) is 1.28. The number of nitrogens with two attached hydrogens (primary N) is 1. The molecule has 0 unspecified atom stereocenters. The number of benzene rings is 1. The van der Waals surface area contributed by atoms with Crippen LogP contribution in [0.5, 0.6) is 0 Å². The smallest absolute Gasteiger partial charge is 0.00448 e. The summed E-state index contributed by atoms with van der Waals surface area (Å²) in [5.41, 5.74) is 8.80. The molecule has 1 nitrogen and oxygen atoms in total. The van der Waals surface area contributed by atoms with Crippen LogP contribution in [0.3, 0.4) is 0 Å². The monoisotopic (exact) mass is 203 g/mol. The Balaban J connectivity index is 2.06. The predicted octanol–water partition coefficient (Wildman–Crippen LogP) is 3.26. The maximum absolute atomic E-state index is 5.90. The van der Waals surface area contributed by atoms with E-state index in [-0.39, 0.29) is 0 Å². The van der Waals surface area contributed by atoms with Gasteiger partial charge in [0.1, 0.15) is 0 Å². The van der Waals surface area contributed by atoms with E-state index in [9.17, 15) is 0 Å². The van der Waals surface area contributed by atoms with Gasteiger partial charge in [0.25, 0.3) is 0 Å². The fourth-order valence-corrected chi connectivity index (χ4v) is 2.31. The van der Waals surface area contributed by atoms with Crippen molar-refractivity contribution in [1.29, 1.82) is 0 Å². The number of hydrogen-bond donors (Lipinski definition) is 1. The van der Waals surface area contributed by atoms with Gasteiger partial charge in [-0.2, -0.15) is 0 Å². The number of rotatable bonds is 3. The molecule has 2 rings (SSSR count). The first kappa shape index (κ1) is 10.7. The summed E-state index contributed by atoms with van der Waals surface area (Å²) in [7, 11) is 0. The lowest BCUT2D eigenvalue weighted by molar-refractivity contribution is 0.631. The van der Waals surface area contributed by atoms with Gasteiger partial charge in [0.05, 0.1) is 0 Å². The standard InChI is InChI=1S/C14H21N/c1-9(2)11-4-6-12(7-5-11)14-8-13(14)10(3)15/h4-7,9-10,13-14H,8,15H2,1-3H3/t10-,13-,14-/m0/s1. The Kier molecular flexibility index (Phi) is 2.83. The Morgan fingerprint density at radius 3 is 2.13 bits per heavy atom. The molecule has 1 aliphatic rings. The summed E-state index contributed by atoms with van der Waals surface area (Å²) in [4.78, 5) is 0. The van der Waals surface area contributed by atoms with Crippen LogP contribution in [0.2, 0.25) is 0 Å². The van der Waals surface area contributed by atoms with Crippen molar-refractivity contribution in [3.63, 3.8) is 0 Å². The Hall–Kier alpha value is -0.820. The molecule has 0 aliphatic heterocycles. The van der Waals surface area contributed by atoms with E-state index in [1.807, 2.05) is 0 Å². The van der Waals surface area contributed by atoms with Crippen LogP contribution in [0.25, 0.3) is 0 Å². The fraction of sp³-hybridized carbons (Fsp3) is 0.571. The predicted molar refractivity (Wildman–Crippen MR) is 65.0 cm³/mol. The summed E-state index contributed by atoms with van der Waals surface area (Å²) in [6.45, 7) is 6.58. The van der Waals surface area contributed by atoms with Gasteiger partial charge < -0.3 is 5.73 Å². The molecule has 1 aromatic rings. The Morgan fingerprint density at radius 1 is 1.13 bits per heavy atom. The van der Waals surface area contributed by atoms with Gasteiger partial charge in [-0.05, 0) is 42.2 Å². The average Bonchev–Trinajstić information content (AvgIpc) is 2.97. The zero-order valence-corrected chi connectivity index (χ0v) is 9.90. The van der Waals surface area contributed by atoms with E-state index >= 15 is 0 Å². The molecule has 2 N–H and O–H groups in total. The maximum Gasteiger partial charge on any atom is 0.00448 e. The molecule has 0 aromatic heterocycles. The quantitative estimate of drug-likeness (QED) is 0.801. The molecule has 0 radical (unpaired) electrons. The summed E-state index contributed by atoms with van der Waals surface area (Å²) in [6, 6.07) is 9.43. The van der Waals surface area contributed by atoms with Crippen LogP contribution in [-0.4, -0.2) is 6.04 Å². The van der Waals surface area contributed by atoms with Gasteiger partial charge in [-0.3, -0.25) is 0 Å². The molecule has 15 heavy (non-hydrogen) atoms. The lowest BCUT2D eigenvalue weighted by Gasteiger charge is -2.07. The molecule has 0 heterocycles. The summed E-state index contributed by atoms with van der Waals surface area (Å²) in [5, 5.41) is 0. The minimum absolute atomic E-state index is 0.347. The minimum atomic E-state index is 0.347. The Bertz CT molecular complexity index is 324. The van der Waals surface area contributed by atoms with Crippen molar-refractivity contribution in [2.75, 3.05) is 0 Å². The second-order valence-electron chi connectivity index (χ2n) is 5.19. The molecule has 1 aromatic carbocycles. The third-order valence-corrected chi connectivity index (χ3v) is 3.55. The molecule has 1 aliphatic carbocycles. The van der Waals surface area contributed by atoms with Crippen LogP contribution >= 0.6 is 0 Å². The SMILES string of the molecule is CC(C)c1ccc([C@@H]2C[C@H]2[C@H](C)N)cc1. The van der Waals surface area contributed by atoms with Crippen molar-refractivity contribution in [3.05, 3.63) is 35.4 Å². The van der Waals surface area contributed by atoms with E-state index in [0.29, 0.717) is 12.0 Å². The molecule has 0 saturated heterocycles. The molecular weight excluding hydrogens is 182 g/mol. The third-order valence-electron chi connectivity index (χ3n) is 3.55. The van der Waals surface area contributed by atoms with Gasteiger partial charge in [0, 0.05) is 6.04 Å². The lowest BCUT2D eigenvalue weighted by Crippen LogP contribution is -2.17. The van der Waals surface area contributed by atoms with E-state index in [0.717, 1.165) is 11.8 Å². The third kappa shape index (κ3) is 2.23. The molecule has 0 spiro atoms. The van der Waals surface area contributed by atoms with Crippen molar-refractivity contribution in [2.45, 2.75) is 45.1 Å². The summed E-state index contributed by atoms with van der Waals surface area (Å²) < 4.78 is 0. The maximum atomic E-state index is 5.90. The van der Waals surface area contributed by atoms with Crippen molar-refractivity contribution < 1.29 is 0 Å². The van der Waals surface area contributed by atoms with Crippen molar-refractivity contribution in [2.24, 2.45) is 11.7 Å². The Labute approximate surface area is 92.7 Å². The lowest BCUT2D eigenvalue weighted by atomic mass is 9.99. The average molecular weight is 203 g/mol. The normalized spacial score (nSPS) is 26.7. The molecule has 82 valence electrons. The second-order valence-corrected chi connectivity index (χ2v) is 5.19. The number of hydrogen-bond acceptors (Lipinski definition) is 1. The van der Waals surface area contributed by atoms with Crippen LogP contribution in [0, 0.1) is 5.92 Å². The molecule has 3 atom stereocenters. The van der Waals surface area contributed by atoms with E-state index in [4.69, 9.17) is 5.73 Å². The molecule has 1 heteroatoms. The highest BCUT2D eigenvalue weighted by Crippen LogP contribution is 2.48. The van der Waals surface area contributed by atoms with Gasteiger partial charge in [0.2, 0.25) is 0 Å². The van der Waals surface area contributed by atoms with E-state index in [1.165, 1.54) is 17.5 Å². The van der Waals surface area contributed by atoms with Gasteiger partial charge >= 0.3 is 0 Å². The highest BCUT2D eigenvalue weighted by Gasteiger charge is 2.40. The Morgan fingerprint density at radius 2 is 1.73 bits per heavy atom. The molecule has 1 saturated carbocycles.